The first-order valence-corrected chi connectivity index (χ1v) is 10.3. The Morgan fingerprint density at radius 3 is 2.70 bits per heavy atom. The van der Waals surface area contributed by atoms with Gasteiger partial charge in [-0.05, 0) is 42.7 Å². The fourth-order valence-corrected chi connectivity index (χ4v) is 4.56. The molecule has 0 bridgehead atoms. The number of amides is 1. The summed E-state index contributed by atoms with van der Waals surface area (Å²) in [7, 11) is -1.95. The summed E-state index contributed by atoms with van der Waals surface area (Å²) in [6.45, 7) is 1.08. The molecule has 0 unspecified atom stereocenters. The van der Waals surface area contributed by atoms with Crippen molar-refractivity contribution in [3.05, 3.63) is 54.4 Å². The van der Waals surface area contributed by atoms with Crippen LogP contribution in [0.2, 0.25) is 0 Å². The Labute approximate surface area is 159 Å². The third-order valence-electron chi connectivity index (χ3n) is 4.70. The van der Waals surface area contributed by atoms with E-state index in [9.17, 15) is 13.2 Å². The predicted molar refractivity (Wildman–Crippen MR) is 101 cm³/mol. The Morgan fingerprint density at radius 2 is 2.04 bits per heavy atom. The Morgan fingerprint density at radius 1 is 1.26 bits per heavy atom. The third-order valence-corrected chi connectivity index (χ3v) is 6.58. The van der Waals surface area contributed by atoms with Gasteiger partial charge in [-0.2, -0.15) is 4.31 Å². The fourth-order valence-electron chi connectivity index (χ4n) is 3.12. The van der Waals surface area contributed by atoms with Gasteiger partial charge in [-0.3, -0.25) is 9.78 Å². The van der Waals surface area contributed by atoms with E-state index in [4.69, 9.17) is 4.74 Å². The van der Waals surface area contributed by atoms with E-state index >= 15 is 0 Å². The normalized spacial score (nSPS) is 16.0. The number of rotatable bonds is 6. The average Bonchev–Trinajstić information content (AvgIpc) is 2.73. The summed E-state index contributed by atoms with van der Waals surface area (Å²) in [5.74, 6) is 0.517. The van der Waals surface area contributed by atoms with Crippen molar-refractivity contribution in [2.24, 2.45) is 5.92 Å². The molecular weight excluding hydrogens is 366 g/mol. The van der Waals surface area contributed by atoms with Crippen LogP contribution in [0.25, 0.3) is 0 Å². The summed E-state index contributed by atoms with van der Waals surface area (Å²) in [5, 5.41) is 2.93. The van der Waals surface area contributed by atoms with Gasteiger partial charge in [0.15, 0.2) is 0 Å². The Hall–Kier alpha value is -2.45. The maximum atomic E-state index is 12.6. The van der Waals surface area contributed by atoms with Crippen molar-refractivity contribution in [3.63, 3.8) is 0 Å². The molecule has 1 aromatic heterocycles. The molecular formula is C19H23N3O4S. The molecule has 1 N–H and O–H groups in total. The lowest BCUT2D eigenvalue weighted by Crippen LogP contribution is -2.42. The van der Waals surface area contributed by atoms with Crippen LogP contribution in [0.1, 0.15) is 18.4 Å². The van der Waals surface area contributed by atoms with E-state index in [0.717, 1.165) is 11.3 Å². The van der Waals surface area contributed by atoms with Gasteiger partial charge in [0.25, 0.3) is 0 Å². The minimum atomic E-state index is -3.55. The molecule has 8 heteroatoms. The molecule has 7 nitrogen and oxygen atoms in total. The van der Waals surface area contributed by atoms with Crippen LogP contribution < -0.4 is 10.1 Å². The van der Waals surface area contributed by atoms with Gasteiger partial charge in [0, 0.05) is 37.9 Å². The highest BCUT2D eigenvalue weighted by atomic mass is 32.2. The topological polar surface area (TPSA) is 88.6 Å². The molecule has 0 radical (unpaired) electrons. The van der Waals surface area contributed by atoms with Crippen molar-refractivity contribution in [3.8, 4) is 5.75 Å². The van der Waals surface area contributed by atoms with Crippen LogP contribution in [-0.4, -0.2) is 43.8 Å². The molecule has 3 rings (SSSR count). The van der Waals surface area contributed by atoms with E-state index < -0.39 is 10.0 Å². The van der Waals surface area contributed by atoms with Gasteiger partial charge in [0.05, 0.1) is 7.11 Å². The highest BCUT2D eigenvalue weighted by Gasteiger charge is 2.32. The third kappa shape index (κ3) is 4.64. The van der Waals surface area contributed by atoms with E-state index in [-0.39, 0.29) is 16.7 Å². The SMILES string of the molecule is COc1cccc(CNC(=O)C2CCN(S(=O)(=O)c3cccnc3)CC2)c1. The lowest BCUT2D eigenvalue weighted by Gasteiger charge is -2.30. The van der Waals surface area contributed by atoms with Gasteiger partial charge >= 0.3 is 0 Å². The van der Waals surface area contributed by atoms with Gasteiger partial charge in [-0.25, -0.2) is 8.42 Å². The molecule has 1 aliphatic heterocycles. The largest absolute Gasteiger partial charge is 0.497 e. The molecule has 0 spiro atoms. The van der Waals surface area contributed by atoms with Crippen molar-refractivity contribution < 1.29 is 17.9 Å². The van der Waals surface area contributed by atoms with Gasteiger partial charge in [-0.1, -0.05) is 12.1 Å². The molecule has 27 heavy (non-hydrogen) atoms. The molecule has 2 heterocycles. The van der Waals surface area contributed by atoms with Crippen LogP contribution >= 0.6 is 0 Å². The van der Waals surface area contributed by atoms with Crippen LogP contribution in [0.4, 0.5) is 0 Å². The summed E-state index contributed by atoms with van der Waals surface area (Å²) < 4.78 is 31.8. The first kappa shape index (κ1) is 19.3. The summed E-state index contributed by atoms with van der Waals surface area (Å²) in [5.41, 5.74) is 0.958. The number of nitrogens with zero attached hydrogens (tertiary/aromatic N) is 2. The van der Waals surface area contributed by atoms with Crippen LogP contribution in [0.3, 0.4) is 0 Å². The van der Waals surface area contributed by atoms with Crippen LogP contribution in [0, 0.1) is 5.92 Å². The maximum Gasteiger partial charge on any atom is 0.244 e. The molecule has 0 saturated carbocycles. The standard InChI is InChI=1S/C19H23N3O4S/c1-26-17-5-2-4-15(12-17)13-21-19(23)16-7-10-22(11-8-16)27(24,25)18-6-3-9-20-14-18/h2-6,9,12,14,16H,7-8,10-11,13H2,1H3,(H,21,23). The van der Waals surface area contributed by atoms with E-state index in [0.29, 0.717) is 32.5 Å². The molecule has 0 aliphatic carbocycles. The minimum Gasteiger partial charge on any atom is -0.497 e. The zero-order valence-electron chi connectivity index (χ0n) is 15.2. The first-order valence-electron chi connectivity index (χ1n) is 8.81. The molecule has 1 aliphatic rings. The smallest absolute Gasteiger partial charge is 0.244 e. The van der Waals surface area contributed by atoms with Crippen molar-refractivity contribution in [1.82, 2.24) is 14.6 Å². The number of benzene rings is 1. The minimum absolute atomic E-state index is 0.0451. The van der Waals surface area contributed by atoms with Crippen molar-refractivity contribution in [1.29, 1.82) is 0 Å². The monoisotopic (exact) mass is 389 g/mol. The molecule has 2 aromatic rings. The number of methoxy groups -OCH3 is 1. The molecule has 1 aromatic carbocycles. The summed E-state index contributed by atoms with van der Waals surface area (Å²) in [6.07, 6.45) is 3.90. The number of hydrogen-bond acceptors (Lipinski definition) is 5. The molecule has 1 fully saturated rings. The average molecular weight is 389 g/mol. The van der Waals surface area contributed by atoms with Gasteiger partial charge < -0.3 is 10.1 Å². The lowest BCUT2D eigenvalue weighted by atomic mass is 9.97. The number of hydrogen-bond donors (Lipinski definition) is 1. The van der Waals surface area contributed by atoms with Crippen LogP contribution in [0.15, 0.2) is 53.7 Å². The second kappa shape index (κ2) is 8.49. The maximum absolute atomic E-state index is 12.6. The van der Waals surface area contributed by atoms with E-state index in [1.54, 1.807) is 13.2 Å². The number of aromatic nitrogens is 1. The molecule has 144 valence electrons. The van der Waals surface area contributed by atoms with Crippen molar-refractivity contribution in [2.75, 3.05) is 20.2 Å². The van der Waals surface area contributed by atoms with Gasteiger partial charge in [0.2, 0.25) is 15.9 Å². The summed E-state index contributed by atoms with van der Waals surface area (Å²) >= 11 is 0. The highest BCUT2D eigenvalue weighted by molar-refractivity contribution is 7.89. The number of pyridine rings is 1. The number of carbonyl (C=O) groups excluding carboxylic acids is 1. The highest BCUT2D eigenvalue weighted by Crippen LogP contribution is 2.23. The lowest BCUT2D eigenvalue weighted by molar-refractivity contribution is -0.126. The quantitative estimate of drug-likeness (QED) is 0.814. The molecule has 1 amide bonds. The number of sulfonamides is 1. The fraction of sp³-hybridized carbons (Fsp3) is 0.368. The molecule has 0 atom stereocenters. The van der Waals surface area contributed by atoms with Crippen molar-refractivity contribution in [2.45, 2.75) is 24.3 Å². The Bertz CT molecular complexity index is 879. The second-order valence-electron chi connectivity index (χ2n) is 6.44. The zero-order valence-corrected chi connectivity index (χ0v) is 16.0. The van der Waals surface area contributed by atoms with E-state index in [1.165, 1.54) is 22.8 Å². The summed E-state index contributed by atoms with van der Waals surface area (Å²) in [4.78, 5) is 16.5. The van der Waals surface area contributed by atoms with Crippen molar-refractivity contribution >= 4 is 15.9 Å². The number of ether oxygens (including phenoxy) is 1. The summed E-state index contributed by atoms with van der Waals surface area (Å²) in [6, 6.07) is 10.7. The zero-order chi connectivity index (χ0) is 19.3. The second-order valence-corrected chi connectivity index (χ2v) is 8.37. The number of piperidine rings is 1. The van der Waals surface area contributed by atoms with Crippen LogP contribution in [0.5, 0.6) is 5.75 Å². The van der Waals surface area contributed by atoms with E-state index in [2.05, 4.69) is 10.3 Å². The van der Waals surface area contributed by atoms with E-state index in [1.807, 2.05) is 24.3 Å². The number of nitrogens with one attached hydrogen (secondary N) is 1. The van der Waals surface area contributed by atoms with Gasteiger partial charge in [0.1, 0.15) is 10.6 Å². The Balaban J connectivity index is 1.53. The molecule has 1 saturated heterocycles. The Kier molecular flexibility index (Phi) is 6.08. The van der Waals surface area contributed by atoms with Crippen LogP contribution in [-0.2, 0) is 21.4 Å². The number of carbonyl (C=O) groups is 1. The predicted octanol–water partition coefficient (Wildman–Crippen LogP) is 1.81. The first-order chi connectivity index (χ1) is 13.0. The van der Waals surface area contributed by atoms with Gasteiger partial charge in [-0.15, -0.1) is 0 Å².